The SMILES string of the molecule is CC1COC2=C1C=CC2. The third-order valence-electron chi connectivity index (χ3n) is 1.96. The van der Waals surface area contributed by atoms with Crippen LogP contribution in [0.5, 0.6) is 0 Å². The van der Waals surface area contributed by atoms with Crippen LogP contribution in [-0.4, -0.2) is 6.61 Å². The van der Waals surface area contributed by atoms with Gasteiger partial charge in [0.15, 0.2) is 0 Å². The standard InChI is InChI=1S/C8H10O/c1-6-5-9-8-4-2-3-7(6)8/h2-3,6H,4-5H2,1H3. The largest absolute Gasteiger partial charge is 0.497 e. The Morgan fingerprint density at radius 1 is 1.67 bits per heavy atom. The van der Waals surface area contributed by atoms with E-state index < -0.39 is 0 Å². The van der Waals surface area contributed by atoms with Crippen LogP contribution in [0.4, 0.5) is 0 Å². The number of ether oxygens (including phenoxy) is 1. The maximum Gasteiger partial charge on any atom is 0.103 e. The third-order valence-corrected chi connectivity index (χ3v) is 1.96. The monoisotopic (exact) mass is 122 g/mol. The van der Waals surface area contributed by atoms with Crippen LogP contribution in [0.15, 0.2) is 23.5 Å². The van der Waals surface area contributed by atoms with Gasteiger partial charge < -0.3 is 4.74 Å². The molecule has 0 N–H and O–H groups in total. The molecule has 48 valence electrons. The fourth-order valence-corrected chi connectivity index (χ4v) is 1.40. The lowest BCUT2D eigenvalue weighted by atomic mass is 10.1. The first-order valence-electron chi connectivity index (χ1n) is 3.40. The molecule has 1 heteroatoms. The molecule has 1 heterocycles. The van der Waals surface area contributed by atoms with Gasteiger partial charge in [-0.1, -0.05) is 19.1 Å². The molecule has 0 spiro atoms. The van der Waals surface area contributed by atoms with Crippen LogP contribution >= 0.6 is 0 Å². The van der Waals surface area contributed by atoms with Crippen molar-refractivity contribution < 1.29 is 4.74 Å². The summed E-state index contributed by atoms with van der Waals surface area (Å²) in [6.07, 6.45) is 5.38. The summed E-state index contributed by atoms with van der Waals surface area (Å²) in [4.78, 5) is 0. The summed E-state index contributed by atoms with van der Waals surface area (Å²) < 4.78 is 5.41. The Labute approximate surface area is 55.0 Å². The van der Waals surface area contributed by atoms with Gasteiger partial charge >= 0.3 is 0 Å². The molecule has 0 amide bonds. The molecule has 1 aliphatic heterocycles. The zero-order valence-electron chi connectivity index (χ0n) is 5.55. The van der Waals surface area contributed by atoms with E-state index in [0.717, 1.165) is 13.0 Å². The topological polar surface area (TPSA) is 9.23 Å². The molecule has 1 atom stereocenters. The van der Waals surface area contributed by atoms with E-state index >= 15 is 0 Å². The average molecular weight is 122 g/mol. The fourth-order valence-electron chi connectivity index (χ4n) is 1.40. The molecule has 0 aromatic carbocycles. The van der Waals surface area contributed by atoms with Crippen LogP contribution < -0.4 is 0 Å². The molecule has 0 saturated heterocycles. The van der Waals surface area contributed by atoms with Gasteiger partial charge in [-0.25, -0.2) is 0 Å². The molecule has 1 aliphatic carbocycles. The maximum atomic E-state index is 5.41. The molecule has 0 aromatic rings. The van der Waals surface area contributed by atoms with Crippen molar-refractivity contribution in [3.05, 3.63) is 23.5 Å². The van der Waals surface area contributed by atoms with Crippen molar-refractivity contribution in [1.29, 1.82) is 0 Å². The molecular weight excluding hydrogens is 112 g/mol. The minimum Gasteiger partial charge on any atom is -0.497 e. The summed E-state index contributed by atoms with van der Waals surface area (Å²) in [5.41, 5.74) is 1.43. The Morgan fingerprint density at radius 2 is 2.56 bits per heavy atom. The predicted octanol–water partition coefficient (Wildman–Crippen LogP) is 1.87. The van der Waals surface area contributed by atoms with Crippen molar-refractivity contribution in [3.8, 4) is 0 Å². The van der Waals surface area contributed by atoms with Gasteiger partial charge in [0.25, 0.3) is 0 Å². The highest BCUT2D eigenvalue weighted by Gasteiger charge is 2.23. The maximum absolute atomic E-state index is 5.41. The van der Waals surface area contributed by atoms with Crippen molar-refractivity contribution in [2.24, 2.45) is 5.92 Å². The van der Waals surface area contributed by atoms with Crippen molar-refractivity contribution in [2.45, 2.75) is 13.3 Å². The first-order chi connectivity index (χ1) is 4.38. The fraction of sp³-hybridized carbons (Fsp3) is 0.500. The summed E-state index contributed by atoms with van der Waals surface area (Å²) in [6.45, 7) is 3.10. The van der Waals surface area contributed by atoms with E-state index in [2.05, 4.69) is 19.1 Å². The highest BCUT2D eigenvalue weighted by Crippen LogP contribution is 2.32. The lowest BCUT2D eigenvalue weighted by molar-refractivity contribution is 0.219. The van der Waals surface area contributed by atoms with Gasteiger partial charge in [0.1, 0.15) is 5.76 Å². The Balaban J connectivity index is 2.33. The highest BCUT2D eigenvalue weighted by atomic mass is 16.5. The van der Waals surface area contributed by atoms with Gasteiger partial charge in [0.05, 0.1) is 6.61 Å². The molecule has 0 radical (unpaired) electrons. The minimum atomic E-state index is 0.638. The highest BCUT2D eigenvalue weighted by molar-refractivity contribution is 5.34. The van der Waals surface area contributed by atoms with E-state index in [0.29, 0.717) is 5.92 Å². The van der Waals surface area contributed by atoms with E-state index in [4.69, 9.17) is 4.74 Å². The second-order valence-corrected chi connectivity index (χ2v) is 2.70. The first kappa shape index (κ1) is 5.10. The molecular formula is C8H10O. The van der Waals surface area contributed by atoms with Crippen molar-refractivity contribution in [2.75, 3.05) is 6.61 Å². The van der Waals surface area contributed by atoms with Gasteiger partial charge in [0, 0.05) is 12.3 Å². The third kappa shape index (κ3) is 0.607. The van der Waals surface area contributed by atoms with E-state index in [-0.39, 0.29) is 0 Å². The van der Waals surface area contributed by atoms with E-state index in [1.165, 1.54) is 11.3 Å². The normalized spacial score (nSPS) is 31.0. The second-order valence-electron chi connectivity index (χ2n) is 2.70. The molecule has 0 saturated carbocycles. The van der Waals surface area contributed by atoms with Crippen LogP contribution in [-0.2, 0) is 4.74 Å². The van der Waals surface area contributed by atoms with Crippen LogP contribution in [0.3, 0.4) is 0 Å². The quantitative estimate of drug-likeness (QED) is 0.476. The smallest absolute Gasteiger partial charge is 0.103 e. The van der Waals surface area contributed by atoms with Gasteiger partial charge in [-0.15, -0.1) is 0 Å². The number of hydrogen-bond donors (Lipinski definition) is 0. The molecule has 2 rings (SSSR count). The number of rotatable bonds is 0. The predicted molar refractivity (Wildman–Crippen MR) is 35.9 cm³/mol. The molecule has 0 fully saturated rings. The Bertz CT molecular complexity index is 189. The summed E-state index contributed by atoms with van der Waals surface area (Å²) in [5.74, 6) is 1.85. The zero-order valence-corrected chi connectivity index (χ0v) is 5.55. The molecule has 1 unspecified atom stereocenters. The van der Waals surface area contributed by atoms with E-state index in [9.17, 15) is 0 Å². The summed E-state index contributed by atoms with van der Waals surface area (Å²) >= 11 is 0. The Morgan fingerprint density at radius 3 is 3.33 bits per heavy atom. The Hall–Kier alpha value is -0.720. The van der Waals surface area contributed by atoms with Gasteiger partial charge in [-0.3, -0.25) is 0 Å². The number of allylic oxidation sites excluding steroid dienone is 2. The molecule has 0 bridgehead atoms. The molecule has 2 aliphatic rings. The van der Waals surface area contributed by atoms with E-state index in [1.54, 1.807) is 0 Å². The van der Waals surface area contributed by atoms with Crippen molar-refractivity contribution >= 4 is 0 Å². The second kappa shape index (κ2) is 1.63. The lowest BCUT2D eigenvalue weighted by Crippen LogP contribution is -1.95. The average Bonchev–Trinajstić information content (AvgIpc) is 2.35. The number of hydrogen-bond acceptors (Lipinski definition) is 1. The molecule has 0 aromatic heterocycles. The summed E-state index contributed by atoms with van der Waals surface area (Å²) in [7, 11) is 0. The lowest BCUT2D eigenvalue weighted by Gasteiger charge is -1.98. The van der Waals surface area contributed by atoms with Crippen LogP contribution in [0.1, 0.15) is 13.3 Å². The van der Waals surface area contributed by atoms with Crippen molar-refractivity contribution in [1.82, 2.24) is 0 Å². The summed E-state index contributed by atoms with van der Waals surface area (Å²) in [6, 6.07) is 0. The van der Waals surface area contributed by atoms with Crippen molar-refractivity contribution in [3.63, 3.8) is 0 Å². The van der Waals surface area contributed by atoms with E-state index in [1.807, 2.05) is 0 Å². The van der Waals surface area contributed by atoms with Crippen LogP contribution in [0.25, 0.3) is 0 Å². The molecule has 1 nitrogen and oxygen atoms in total. The minimum absolute atomic E-state index is 0.638. The van der Waals surface area contributed by atoms with Gasteiger partial charge in [-0.2, -0.15) is 0 Å². The molecule has 9 heavy (non-hydrogen) atoms. The summed E-state index contributed by atoms with van der Waals surface area (Å²) in [5, 5.41) is 0. The van der Waals surface area contributed by atoms with Gasteiger partial charge in [-0.05, 0) is 5.57 Å². The zero-order chi connectivity index (χ0) is 6.27. The van der Waals surface area contributed by atoms with Crippen LogP contribution in [0.2, 0.25) is 0 Å². The first-order valence-corrected chi connectivity index (χ1v) is 3.40. The van der Waals surface area contributed by atoms with Crippen LogP contribution in [0, 0.1) is 5.92 Å². The van der Waals surface area contributed by atoms with Gasteiger partial charge in [0.2, 0.25) is 0 Å². The Kier molecular flexibility index (Phi) is 0.922.